The van der Waals surface area contributed by atoms with Gasteiger partial charge < -0.3 is 15.3 Å². The Hall–Kier alpha value is -1.75. The van der Waals surface area contributed by atoms with Crippen LogP contribution in [-0.2, 0) is 9.59 Å². The molecule has 0 aromatic heterocycles. The zero-order chi connectivity index (χ0) is 12.4. The number of para-hydroxylation sites is 1. The average Bonchev–Trinajstić information content (AvgIpc) is 2.28. The summed E-state index contributed by atoms with van der Waals surface area (Å²) in [7, 11) is 0. The Labute approximate surface area is 103 Å². The highest BCUT2D eigenvalue weighted by Gasteiger charge is 2.30. The standard InChI is InChI=1S/C11H11ClN2O3/c12-7-3-1-2-4-9(7)14-5-8(11(16)17)13-10(15)6-14/h1-4,8H,5-6H2,(H,13,15)(H,16,17). The van der Waals surface area contributed by atoms with Crippen molar-refractivity contribution in [1.82, 2.24) is 5.32 Å². The molecule has 0 radical (unpaired) electrons. The fourth-order valence-electron chi connectivity index (χ4n) is 1.78. The van der Waals surface area contributed by atoms with E-state index in [0.29, 0.717) is 10.7 Å². The number of carboxylic acids is 1. The second-order valence-electron chi connectivity index (χ2n) is 3.79. The topological polar surface area (TPSA) is 69.6 Å². The van der Waals surface area contributed by atoms with Crippen LogP contribution in [0, 0.1) is 0 Å². The molecule has 0 bridgehead atoms. The summed E-state index contributed by atoms with van der Waals surface area (Å²) in [5.41, 5.74) is 0.676. The Morgan fingerprint density at radius 1 is 1.47 bits per heavy atom. The number of hydrogen-bond acceptors (Lipinski definition) is 3. The second-order valence-corrected chi connectivity index (χ2v) is 4.20. The number of carboxylic acid groups (broad SMARTS) is 1. The third-order valence-electron chi connectivity index (χ3n) is 2.56. The van der Waals surface area contributed by atoms with E-state index in [-0.39, 0.29) is 19.0 Å². The number of amides is 1. The van der Waals surface area contributed by atoms with Gasteiger partial charge in [0.1, 0.15) is 6.04 Å². The van der Waals surface area contributed by atoms with Crippen LogP contribution in [0.5, 0.6) is 0 Å². The summed E-state index contributed by atoms with van der Waals surface area (Å²) < 4.78 is 0. The monoisotopic (exact) mass is 254 g/mol. The number of carbonyl (C=O) groups excluding carboxylic acids is 1. The Bertz CT molecular complexity index is 464. The maximum Gasteiger partial charge on any atom is 0.328 e. The molecular formula is C11H11ClN2O3. The summed E-state index contributed by atoms with van der Waals surface area (Å²) in [6.45, 7) is 0.332. The highest BCUT2D eigenvalue weighted by molar-refractivity contribution is 6.33. The molecule has 1 amide bonds. The molecule has 5 nitrogen and oxygen atoms in total. The van der Waals surface area contributed by atoms with E-state index < -0.39 is 12.0 Å². The van der Waals surface area contributed by atoms with Crippen LogP contribution in [0.1, 0.15) is 0 Å². The van der Waals surface area contributed by atoms with Crippen LogP contribution in [0.3, 0.4) is 0 Å². The first-order valence-corrected chi connectivity index (χ1v) is 5.47. The van der Waals surface area contributed by atoms with Crippen molar-refractivity contribution in [3.63, 3.8) is 0 Å². The molecule has 1 aromatic rings. The van der Waals surface area contributed by atoms with Gasteiger partial charge in [0.05, 0.1) is 17.3 Å². The number of carbonyl (C=O) groups is 2. The van der Waals surface area contributed by atoms with Crippen molar-refractivity contribution in [2.75, 3.05) is 18.0 Å². The Balaban J connectivity index is 2.24. The molecule has 90 valence electrons. The number of aliphatic carboxylic acids is 1. The summed E-state index contributed by atoms with van der Waals surface area (Å²) in [4.78, 5) is 24.0. The first-order chi connectivity index (χ1) is 8.08. The molecule has 1 aliphatic rings. The van der Waals surface area contributed by atoms with Crippen molar-refractivity contribution in [2.24, 2.45) is 0 Å². The minimum Gasteiger partial charge on any atom is -0.480 e. The Morgan fingerprint density at radius 3 is 2.82 bits per heavy atom. The number of anilines is 1. The summed E-state index contributed by atoms with van der Waals surface area (Å²) in [5, 5.41) is 11.8. The molecule has 1 unspecified atom stereocenters. The first kappa shape index (κ1) is 11.7. The van der Waals surface area contributed by atoms with Crippen LogP contribution in [-0.4, -0.2) is 36.1 Å². The lowest BCUT2D eigenvalue weighted by atomic mass is 10.2. The molecule has 1 heterocycles. The fraction of sp³-hybridized carbons (Fsp3) is 0.273. The molecule has 1 aromatic carbocycles. The number of benzene rings is 1. The van der Waals surface area contributed by atoms with Crippen LogP contribution in [0.25, 0.3) is 0 Å². The third kappa shape index (κ3) is 2.50. The lowest BCUT2D eigenvalue weighted by molar-refractivity contribution is -0.142. The molecule has 6 heteroatoms. The van der Waals surface area contributed by atoms with E-state index in [2.05, 4.69) is 5.32 Å². The molecule has 1 fully saturated rings. The molecule has 1 atom stereocenters. The largest absolute Gasteiger partial charge is 0.480 e. The Kier molecular flexibility index (Phi) is 3.19. The third-order valence-corrected chi connectivity index (χ3v) is 2.88. The number of halogens is 1. The van der Waals surface area contributed by atoms with Crippen LogP contribution in [0.15, 0.2) is 24.3 Å². The SMILES string of the molecule is O=C1CN(c2ccccc2Cl)CC(C(=O)O)N1. The van der Waals surface area contributed by atoms with Gasteiger partial charge in [-0.25, -0.2) is 4.79 Å². The molecule has 17 heavy (non-hydrogen) atoms. The van der Waals surface area contributed by atoms with E-state index >= 15 is 0 Å². The van der Waals surface area contributed by atoms with E-state index in [4.69, 9.17) is 16.7 Å². The molecule has 0 saturated carbocycles. The van der Waals surface area contributed by atoms with Crippen molar-refractivity contribution in [3.8, 4) is 0 Å². The van der Waals surface area contributed by atoms with Crippen molar-refractivity contribution in [3.05, 3.63) is 29.3 Å². The molecule has 2 N–H and O–H groups in total. The van der Waals surface area contributed by atoms with E-state index in [0.717, 1.165) is 0 Å². The molecule has 1 aliphatic heterocycles. The number of piperazine rings is 1. The molecule has 2 rings (SSSR count). The van der Waals surface area contributed by atoms with E-state index in [9.17, 15) is 9.59 Å². The average molecular weight is 255 g/mol. The number of nitrogens with zero attached hydrogens (tertiary/aromatic N) is 1. The van der Waals surface area contributed by atoms with Gasteiger partial charge in [0.15, 0.2) is 0 Å². The first-order valence-electron chi connectivity index (χ1n) is 5.09. The van der Waals surface area contributed by atoms with Gasteiger partial charge in [-0.15, -0.1) is 0 Å². The Morgan fingerprint density at radius 2 is 2.18 bits per heavy atom. The van der Waals surface area contributed by atoms with Gasteiger partial charge in [-0.2, -0.15) is 0 Å². The minimum atomic E-state index is -1.05. The number of rotatable bonds is 2. The van der Waals surface area contributed by atoms with Crippen molar-refractivity contribution >= 4 is 29.2 Å². The summed E-state index contributed by atoms with van der Waals surface area (Å²) in [6, 6.07) is 6.15. The second kappa shape index (κ2) is 4.63. The smallest absolute Gasteiger partial charge is 0.328 e. The number of hydrogen-bond donors (Lipinski definition) is 2. The minimum absolute atomic E-state index is 0.119. The van der Waals surface area contributed by atoms with Crippen LogP contribution < -0.4 is 10.2 Å². The van der Waals surface area contributed by atoms with Gasteiger partial charge in [0.25, 0.3) is 0 Å². The molecule has 1 saturated heterocycles. The maximum absolute atomic E-state index is 11.4. The maximum atomic E-state index is 11.4. The zero-order valence-corrected chi connectivity index (χ0v) is 9.65. The zero-order valence-electron chi connectivity index (χ0n) is 8.89. The normalized spacial score (nSPS) is 19.9. The van der Waals surface area contributed by atoms with Gasteiger partial charge >= 0.3 is 5.97 Å². The summed E-state index contributed by atoms with van der Waals surface area (Å²) in [5.74, 6) is -1.36. The number of nitrogens with one attached hydrogen (secondary N) is 1. The summed E-state index contributed by atoms with van der Waals surface area (Å²) in [6.07, 6.45) is 0. The van der Waals surface area contributed by atoms with Gasteiger partial charge in [-0.1, -0.05) is 23.7 Å². The molecule has 0 spiro atoms. The van der Waals surface area contributed by atoms with Crippen LogP contribution >= 0.6 is 11.6 Å². The fourth-order valence-corrected chi connectivity index (χ4v) is 2.03. The quantitative estimate of drug-likeness (QED) is 0.816. The van der Waals surface area contributed by atoms with Crippen molar-refractivity contribution in [2.45, 2.75) is 6.04 Å². The van der Waals surface area contributed by atoms with Crippen molar-refractivity contribution in [1.29, 1.82) is 0 Å². The molecule has 0 aliphatic carbocycles. The highest BCUT2D eigenvalue weighted by Crippen LogP contribution is 2.26. The predicted octanol–water partition coefficient (Wildman–Crippen LogP) is 0.729. The van der Waals surface area contributed by atoms with Gasteiger partial charge in [0, 0.05) is 6.54 Å². The van der Waals surface area contributed by atoms with Gasteiger partial charge in [-0.3, -0.25) is 4.79 Å². The highest BCUT2D eigenvalue weighted by atomic mass is 35.5. The molecular weight excluding hydrogens is 244 g/mol. The van der Waals surface area contributed by atoms with E-state index in [1.165, 1.54) is 0 Å². The summed E-state index contributed by atoms with van der Waals surface area (Å²) >= 11 is 6.01. The predicted molar refractivity (Wildman–Crippen MR) is 63.2 cm³/mol. The lowest BCUT2D eigenvalue weighted by Crippen LogP contribution is -2.57. The van der Waals surface area contributed by atoms with E-state index in [1.54, 1.807) is 29.2 Å². The van der Waals surface area contributed by atoms with Gasteiger partial charge in [0.2, 0.25) is 5.91 Å². The lowest BCUT2D eigenvalue weighted by Gasteiger charge is -2.32. The van der Waals surface area contributed by atoms with Crippen molar-refractivity contribution < 1.29 is 14.7 Å². The van der Waals surface area contributed by atoms with Gasteiger partial charge in [-0.05, 0) is 12.1 Å². The van der Waals surface area contributed by atoms with Crippen LogP contribution in [0.4, 0.5) is 5.69 Å². The van der Waals surface area contributed by atoms with Crippen LogP contribution in [0.2, 0.25) is 5.02 Å². The van der Waals surface area contributed by atoms with E-state index in [1.807, 2.05) is 0 Å².